The van der Waals surface area contributed by atoms with Crippen LogP contribution < -0.4 is 5.32 Å². The second kappa shape index (κ2) is 6.87. The first kappa shape index (κ1) is 14.3. The number of piperidine rings is 1. The van der Waals surface area contributed by atoms with Crippen molar-refractivity contribution in [2.75, 3.05) is 19.6 Å². The van der Waals surface area contributed by atoms with Crippen molar-refractivity contribution in [2.45, 2.75) is 46.2 Å². The maximum atomic E-state index is 5.47. The van der Waals surface area contributed by atoms with E-state index in [1.807, 2.05) is 6.92 Å². The first-order valence-corrected chi connectivity index (χ1v) is 7.14. The molecular formula is C15H25N3O. The predicted octanol–water partition coefficient (Wildman–Crippen LogP) is 2.50. The number of likely N-dealkylation sites (tertiary alicyclic amines) is 1. The second-order valence-corrected chi connectivity index (χ2v) is 5.60. The van der Waals surface area contributed by atoms with Gasteiger partial charge in [-0.1, -0.05) is 11.6 Å². The van der Waals surface area contributed by atoms with Crippen LogP contribution in [0, 0.1) is 6.92 Å². The summed E-state index contributed by atoms with van der Waals surface area (Å²) in [7, 11) is 0. The standard InChI is InChI=1S/C15H25N3O/c1-12(2)4-7-18-8-5-14(6-9-18)16-11-15-17-10-13(3)19-15/h4,10,14,16H,5-9,11H2,1-3H3. The zero-order valence-corrected chi connectivity index (χ0v) is 12.3. The van der Waals surface area contributed by atoms with Gasteiger partial charge in [-0.3, -0.25) is 4.90 Å². The molecule has 2 rings (SSSR count). The van der Waals surface area contributed by atoms with Crippen LogP contribution in [-0.4, -0.2) is 35.6 Å². The van der Waals surface area contributed by atoms with E-state index in [9.17, 15) is 0 Å². The highest BCUT2D eigenvalue weighted by Crippen LogP contribution is 2.11. The molecular weight excluding hydrogens is 238 g/mol. The van der Waals surface area contributed by atoms with Gasteiger partial charge in [0.1, 0.15) is 5.76 Å². The monoisotopic (exact) mass is 263 g/mol. The molecule has 1 aliphatic rings. The Hall–Kier alpha value is -1.13. The van der Waals surface area contributed by atoms with Crippen LogP contribution in [0.25, 0.3) is 0 Å². The summed E-state index contributed by atoms with van der Waals surface area (Å²) in [4.78, 5) is 6.73. The van der Waals surface area contributed by atoms with Gasteiger partial charge in [0.2, 0.25) is 5.89 Å². The number of nitrogens with zero attached hydrogens (tertiary/aromatic N) is 2. The van der Waals surface area contributed by atoms with Crippen LogP contribution in [0.1, 0.15) is 38.3 Å². The fraction of sp³-hybridized carbons (Fsp3) is 0.667. The van der Waals surface area contributed by atoms with Crippen molar-refractivity contribution in [1.82, 2.24) is 15.2 Å². The summed E-state index contributed by atoms with van der Waals surface area (Å²) in [6.45, 7) is 10.4. The van der Waals surface area contributed by atoms with Crippen molar-refractivity contribution in [3.8, 4) is 0 Å². The lowest BCUT2D eigenvalue weighted by Gasteiger charge is -2.31. The average molecular weight is 263 g/mol. The number of nitrogens with one attached hydrogen (secondary N) is 1. The zero-order valence-electron chi connectivity index (χ0n) is 12.3. The number of rotatable bonds is 5. The van der Waals surface area contributed by atoms with Gasteiger partial charge in [-0.05, 0) is 46.7 Å². The zero-order chi connectivity index (χ0) is 13.7. The minimum Gasteiger partial charge on any atom is -0.445 e. The molecule has 0 amide bonds. The average Bonchev–Trinajstić information content (AvgIpc) is 2.81. The fourth-order valence-corrected chi connectivity index (χ4v) is 2.35. The van der Waals surface area contributed by atoms with E-state index in [-0.39, 0.29) is 0 Å². The van der Waals surface area contributed by atoms with Crippen LogP contribution >= 0.6 is 0 Å². The highest BCUT2D eigenvalue weighted by Gasteiger charge is 2.18. The van der Waals surface area contributed by atoms with Crippen molar-refractivity contribution < 1.29 is 4.42 Å². The normalized spacial score (nSPS) is 17.6. The van der Waals surface area contributed by atoms with Crippen molar-refractivity contribution in [3.05, 3.63) is 29.5 Å². The molecule has 1 fully saturated rings. The van der Waals surface area contributed by atoms with Crippen LogP contribution in [0.3, 0.4) is 0 Å². The van der Waals surface area contributed by atoms with Crippen LogP contribution in [-0.2, 0) is 6.54 Å². The smallest absolute Gasteiger partial charge is 0.208 e. The summed E-state index contributed by atoms with van der Waals surface area (Å²) in [5.41, 5.74) is 1.40. The summed E-state index contributed by atoms with van der Waals surface area (Å²) < 4.78 is 5.47. The SMILES string of the molecule is CC(C)=CCN1CCC(NCc2ncc(C)o2)CC1. The second-order valence-electron chi connectivity index (χ2n) is 5.60. The molecule has 0 aromatic carbocycles. The molecule has 0 saturated carbocycles. The highest BCUT2D eigenvalue weighted by molar-refractivity contribution is 4.96. The molecule has 4 heteroatoms. The highest BCUT2D eigenvalue weighted by atomic mass is 16.4. The molecule has 2 heterocycles. The van der Waals surface area contributed by atoms with E-state index in [0.29, 0.717) is 6.04 Å². The Bertz CT molecular complexity index is 413. The molecule has 1 aliphatic heterocycles. The van der Waals surface area contributed by atoms with Crippen LogP contribution in [0.15, 0.2) is 22.3 Å². The molecule has 0 aliphatic carbocycles. The number of allylic oxidation sites excluding steroid dienone is 1. The molecule has 1 aromatic rings. The molecule has 1 N–H and O–H groups in total. The molecule has 1 aromatic heterocycles. The Labute approximate surface area is 115 Å². The lowest BCUT2D eigenvalue weighted by molar-refractivity contribution is 0.211. The van der Waals surface area contributed by atoms with Crippen LogP contribution in [0.2, 0.25) is 0 Å². The topological polar surface area (TPSA) is 41.3 Å². The lowest BCUT2D eigenvalue weighted by Crippen LogP contribution is -2.42. The Balaban J connectivity index is 1.67. The third-order valence-corrected chi connectivity index (χ3v) is 3.56. The maximum absolute atomic E-state index is 5.47. The summed E-state index contributed by atoms with van der Waals surface area (Å²) in [6.07, 6.45) is 6.49. The summed E-state index contributed by atoms with van der Waals surface area (Å²) in [5.74, 6) is 1.68. The number of oxazole rings is 1. The number of aryl methyl sites for hydroxylation is 1. The first-order valence-electron chi connectivity index (χ1n) is 7.14. The number of aromatic nitrogens is 1. The van der Waals surface area contributed by atoms with Gasteiger partial charge in [-0.15, -0.1) is 0 Å². The molecule has 106 valence electrons. The predicted molar refractivity (Wildman–Crippen MR) is 77.0 cm³/mol. The van der Waals surface area contributed by atoms with E-state index in [0.717, 1.165) is 24.7 Å². The Morgan fingerprint density at radius 1 is 1.47 bits per heavy atom. The van der Waals surface area contributed by atoms with Crippen molar-refractivity contribution in [2.24, 2.45) is 0 Å². The third kappa shape index (κ3) is 4.80. The van der Waals surface area contributed by atoms with Gasteiger partial charge in [-0.25, -0.2) is 4.98 Å². The molecule has 4 nitrogen and oxygen atoms in total. The van der Waals surface area contributed by atoms with Gasteiger partial charge < -0.3 is 9.73 Å². The van der Waals surface area contributed by atoms with E-state index >= 15 is 0 Å². The van der Waals surface area contributed by atoms with Gasteiger partial charge in [0.05, 0.1) is 12.7 Å². The van der Waals surface area contributed by atoms with Crippen molar-refractivity contribution in [1.29, 1.82) is 0 Å². The van der Waals surface area contributed by atoms with E-state index in [2.05, 4.69) is 35.1 Å². The van der Waals surface area contributed by atoms with Gasteiger partial charge in [-0.2, -0.15) is 0 Å². The number of hydrogen-bond acceptors (Lipinski definition) is 4. The Kier molecular flexibility index (Phi) is 5.16. The Morgan fingerprint density at radius 2 is 2.21 bits per heavy atom. The maximum Gasteiger partial charge on any atom is 0.208 e. The largest absolute Gasteiger partial charge is 0.445 e. The third-order valence-electron chi connectivity index (χ3n) is 3.56. The summed E-state index contributed by atoms with van der Waals surface area (Å²) >= 11 is 0. The minimum atomic E-state index is 0.593. The quantitative estimate of drug-likeness (QED) is 0.829. The molecule has 0 radical (unpaired) electrons. The molecule has 0 spiro atoms. The molecule has 1 saturated heterocycles. The van der Waals surface area contributed by atoms with Crippen molar-refractivity contribution >= 4 is 0 Å². The fourth-order valence-electron chi connectivity index (χ4n) is 2.35. The van der Waals surface area contributed by atoms with Crippen LogP contribution in [0.4, 0.5) is 0 Å². The molecule has 0 unspecified atom stereocenters. The number of hydrogen-bond donors (Lipinski definition) is 1. The van der Waals surface area contributed by atoms with Crippen molar-refractivity contribution in [3.63, 3.8) is 0 Å². The molecule has 19 heavy (non-hydrogen) atoms. The Morgan fingerprint density at radius 3 is 2.79 bits per heavy atom. The lowest BCUT2D eigenvalue weighted by atomic mass is 10.0. The van der Waals surface area contributed by atoms with E-state index in [1.54, 1.807) is 6.20 Å². The van der Waals surface area contributed by atoms with E-state index in [1.165, 1.54) is 31.5 Å². The van der Waals surface area contributed by atoms with Gasteiger partial charge in [0.15, 0.2) is 0 Å². The van der Waals surface area contributed by atoms with E-state index in [4.69, 9.17) is 4.42 Å². The minimum absolute atomic E-state index is 0.593. The van der Waals surface area contributed by atoms with Gasteiger partial charge in [0.25, 0.3) is 0 Å². The summed E-state index contributed by atoms with van der Waals surface area (Å²) in [5, 5.41) is 3.54. The van der Waals surface area contributed by atoms with Gasteiger partial charge in [0, 0.05) is 12.6 Å². The molecule has 0 bridgehead atoms. The van der Waals surface area contributed by atoms with Crippen LogP contribution in [0.5, 0.6) is 0 Å². The van der Waals surface area contributed by atoms with Gasteiger partial charge >= 0.3 is 0 Å². The van der Waals surface area contributed by atoms with E-state index < -0.39 is 0 Å². The molecule has 0 atom stereocenters. The summed E-state index contributed by atoms with van der Waals surface area (Å²) in [6, 6.07) is 0.593. The first-order chi connectivity index (χ1) is 9.13.